The predicted molar refractivity (Wildman–Crippen MR) is 102 cm³/mol. The van der Waals surface area contributed by atoms with Gasteiger partial charge in [0.05, 0.1) is 19.8 Å². The zero-order valence-electron chi connectivity index (χ0n) is 16.0. The third kappa shape index (κ3) is 4.92. The molecular weight excluding hydrogens is 389 g/mol. The van der Waals surface area contributed by atoms with Gasteiger partial charge >= 0.3 is 5.97 Å². The van der Waals surface area contributed by atoms with Crippen molar-refractivity contribution in [1.82, 2.24) is 4.90 Å². The third-order valence-electron chi connectivity index (χ3n) is 4.20. The Balaban J connectivity index is 2.03. The largest absolute Gasteiger partial charge is 0.496 e. The summed E-state index contributed by atoms with van der Waals surface area (Å²) in [6.45, 7) is 1.24. The molecular formula is C20H21ClFNO5. The lowest BCUT2D eigenvalue weighted by Crippen LogP contribution is -2.31. The Labute approximate surface area is 167 Å². The lowest BCUT2D eigenvalue weighted by molar-refractivity contribution is -0.133. The highest BCUT2D eigenvalue weighted by atomic mass is 35.5. The summed E-state index contributed by atoms with van der Waals surface area (Å²) in [5.41, 5.74) is 1.12. The van der Waals surface area contributed by atoms with Gasteiger partial charge in [0, 0.05) is 29.7 Å². The molecule has 0 aromatic heterocycles. The maximum atomic E-state index is 13.9. The first-order valence-electron chi connectivity index (χ1n) is 8.35. The molecule has 0 unspecified atom stereocenters. The number of carbonyl (C=O) groups is 2. The van der Waals surface area contributed by atoms with Crippen LogP contribution in [0.5, 0.6) is 11.5 Å². The van der Waals surface area contributed by atoms with Crippen molar-refractivity contribution in [2.75, 3.05) is 27.9 Å². The van der Waals surface area contributed by atoms with Crippen LogP contribution in [0.3, 0.4) is 0 Å². The summed E-state index contributed by atoms with van der Waals surface area (Å²) in [5.74, 6) is -0.795. The van der Waals surface area contributed by atoms with E-state index in [1.165, 1.54) is 56.5 Å². The van der Waals surface area contributed by atoms with Crippen LogP contribution < -0.4 is 9.47 Å². The van der Waals surface area contributed by atoms with Crippen molar-refractivity contribution in [2.24, 2.45) is 0 Å². The molecule has 2 aromatic carbocycles. The quantitative estimate of drug-likeness (QED) is 0.653. The zero-order valence-corrected chi connectivity index (χ0v) is 16.8. The molecule has 0 atom stereocenters. The van der Waals surface area contributed by atoms with Crippen LogP contribution in [0.2, 0.25) is 5.02 Å². The fraction of sp³-hybridized carbons (Fsp3) is 0.300. The van der Waals surface area contributed by atoms with Crippen molar-refractivity contribution in [2.45, 2.75) is 13.5 Å². The van der Waals surface area contributed by atoms with Gasteiger partial charge in [0.25, 0.3) is 5.91 Å². The molecule has 0 heterocycles. The minimum absolute atomic E-state index is 0.0476. The average Bonchev–Trinajstić information content (AvgIpc) is 2.68. The Bertz CT molecular complexity index is 842. The van der Waals surface area contributed by atoms with Crippen LogP contribution in [-0.4, -0.2) is 44.7 Å². The van der Waals surface area contributed by atoms with Gasteiger partial charge in [-0.3, -0.25) is 4.79 Å². The van der Waals surface area contributed by atoms with Crippen LogP contribution in [0, 0.1) is 12.7 Å². The molecule has 0 N–H and O–H groups in total. The van der Waals surface area contributed by atoms with Crippen molar-refractivity contribution in [3.05, 3.63) is 57.9 Å². The summed E-state index contributed by atoms with van der Waals surface area (Å²) in [4.78, 5) is 25.8. The van der Waals surface area contributed by atoms with E-state index in [1.807, 2.05) is 0 Å². The molecule has 0 radical (unpaired) electrons. The third-order valence-corrected chi connectivity index (χ3v) is 4.55. The number of nitrogens with zero attached hydrogens (tertiary/aromatic N) is 1. The number of esters is 1. The van der Waals surface area contributed by atoms with E-state index in [4.69, 9.17) is 25.8 Å². The van der Waals surface area contributed by atoms with Gasteiger partial charge in [-0.25, -0.2) is 9.18 Å². The summed E-state index contributed by atoms with van der Waals surface area (Å²) in [7, 11) is 4.42. The molecule has 0 saturated heterocycles. The molecule has 0 aliphatic rings. The summed E-state index contributed by atoms with van der Waals surface area (Å²) in [6, 6.07) is 7.30. The van der Waals surface area contributed by atoms with Gasteiger partial charge in [-0.05, 0) is 31.2 Å². The summed E-state index contributed by atoms with van der Waals surface area (Å²) >= 11 is 5.97. The molecule has 0 aliphatic carbocycles. The van der Waals surface area contributed by atoms with Crippen LogP contribution in [0.25, 0.3) is 0 Å². The Hall–Kier alpha value is -2.80. The molecule has 0 fully saturated rings. The summed E-state index contributed by atoms with van der Waals surface area (Å²) in [6.07, 6.45) is 0. The molecule has 0 spiro atoms. The van der Waals surface area contributed by atoms with Gasteiger partial charge in [0.2, 0.25) is 0 Å². The van der Waals surface area contributed by atoms with Gasteiger partial charge in [-0.15, -0.1) is 0 Å². The number of hydrogen-bond donors (Lipinski definition) is 0. The monoisotopic (exact) mass is 409 g/mol. The number of hydrogen-bond acceptors (Lipinski definition) is 5. The van der Waals surface area contributed by atoms with Crippen LogP contribution >= 0.6 is 11.6 Å². The van der Waals surface area contributed by atoms with Crippen molar-refractivity contribution < 1.29 is 28.2 Å². The van der Waals surface area contributed by atoms with E-state index in [0.29, 0.717) is 11.5 Å². The molecule has 0 bridgehead atoms. The van der Waals surface area contributed by atoms with Gasteiger partial charge in [0.1, 0.15) is 17.3 Å². The lowest BCUT2D eigenvalue weighted by Gasteiger charge is -2.18. The lowest BCUT2D eigenvalue weighted by atomic mass is 10.1. The highest BCUT2D eigenvalue weighted by Crippen LogP contribution is 2.29. The fourth-order valence-electron chi connectivity index (χ4n) is 2.53. The Morgan fingerprint density at radius 2 is 1.75 bits per heavy atom. The normalized spacial score (nSPS) is 10.4. The van der Waals surface area contributed by atoms with E-state index in [-0.39, 0.29) is 22.7 Å². The van der Waals surface area contributed by atoms with Crippen molar-refractivity contribution in [3.8, 4) is 11.5 Å². The average molecular weight is 410 g/mol. The number of carbonyl (C=O) groups excluding carboxylic acids is 2. The van der Waals surface area contributed by atoms with Crippen molar-refractivity contribution in [1.29, 1.82) is 0 Å². The summed E-state index contributed by atoms with van der Waals surface area (Å²) < 4.78 is 29.4. The van der Waals surface area contributed by atoms with Crippen LogP contribution in [0.15, 0.2) is 30.3 Å². The van der Waals surface area contributed by atoms with E-state index in [9.17, 15) is 14.0 Å². The molecule has 150 valence electrons. The van der Waals surface area contributed by atoms with E-state index >= 15 is 0 Å². The number of rotatable bonds is 7. The number of likely N-dealkylation sites (N-methyl/N-ethyl adjacent to an activating group) is 1. The van der Waals surface area contributed by atoms with E-state index in [0.717, 1.165) is 5.56 Å². The SMILES string of the molecule is COc1cc(C(=O)OCC(=O)N(C)Cc2c(F)cccc2Cl)cc(OC)c1C. The van der Waals surface area contributed by atoms with Gasteiger partial charge in [0.15, 0.2) is 6.61 Å². The first kappa shape index (κ1) is 21.5. The molecule has 6 nitrogen and oxygen atoms in total. The van der Waals surface area contributed by atoms with Crippen molar-refractivity contribution >= 4 is 23.5 Å². The second-order valence-electron chi connectivity index (χ2n) is 6.03. The number of methoxy groups -OCH3 is 2. The summed E-state index contributed by atoms with van der Waals surface area (Å²) in [5, 5.41) is 0.218. The smallest absolute Gasteiger partial charge is 0.338 e. The molecule has 2 aromatic rings. The number of benzene rings is 2. The van der Waals surface area contributed by atoms with E-state index < -0.39 is 24.3 Å². The second kappa shape index (κ2) is 9.41. The molecule has 8 heteroatoms. The number of halogens is 2. The van der Waals surface area contributed by atoms with E-state index in [1.54, 1.807) is 6.92 Å². The molecule has 1 amide bonds. The molecule has 2 rings (SSSR count). The van der Waals surface area contributed by atoms with Crippen LogP contribution in [0.1, 0.15) is 21.5 Å². The Kier molecular flexibility index (Phi) is 7.23. The Morgan fingerprint density at radius 3 is 2.29 bits per heavy atom. The highest BCUT2D eigenvalue weighted by molar-refractivity contribution is 6.31. The molecule has 0 aliphatic heterocycles. The van der Waals surface area contributed by atoms with Gasteiger partial charge in [-0.2, -0.15) is 0 Å². The van der Waals surface area contributed by atoms with Crippen LogP contribution in [0.4, 0.5) is 4.39 Å². The van der Waals surface area contributed by atoms with Crippen molar-refractivity contribution in [3.63, 3.8) is 0 Å². The van der Waals surface area contributed by atoms with Crippen LogP contribution in [-0.2, 0) is 16.1 Å². The van der Waals surface area contributed by atoms with Gasteiger partial charge in [-0.1, -0.05) is 17.7 Å². The topological polar surface area (TPSA) is 65.1 Å². The highest BCUT2D eigenvalue weighted by Gasteiger charge is 2.18. The first-order valence-corrected chi connectivity index (χ1v) is 8.72. The standard InChI is InChI=1S/C20H21ClFNO5/c1-12-17(26-3)8-13(9-18(12)27-4)20(25)28-11-19(24)23(2)10-14-15(21)6-5-7-16(14)22/h5-9H,10-11H2,1-4H3. The first-order chi connectivity index (χ1) is 13.3. The van der Waals surface area contributed by atoms with Gasteiger partial charge < -0.3 is 19.1 Å². The minimum Gasteiger partial charge on any atom is -0.496 e. The molecule has 0 saturated carbocycles. The zero-order chi connectivity index (χ0) is 20.8. The second-order valence-corrected chi connectivity index (χ2v) is 6.44. The maximum Gasteiger partial charge on any atom is 0.338 e. The number of amides is 1. The minimum atomic E-state index is -0.706. The number of ether oxygens (including phenoxy) is 3. The molecule has 28 heavy (non-hydrogen) atoms. The Morgan fingerprint density at radius 1 is 1.14 bits per heavy atom. The van der Waals surface area contributed by atoms with E-state index in [2.05, 4.69) is 0 Å². The fourth-order valence-corrected chi connectivity index (χ4v) is 2.76. The maximum absolute atomic E-state index is 13.9. The predicted octanol–water partition coefficient (Wildman–Crippen LogP) is 3.62.